The lowest BCUT2D eigenvalue weighted by molar-refractivity contribution is -0.495. The average molecular weight is 504 g/mol. The van der Waals surface area contributed by atoms with E-state index in [-0.39, 0.29) is 25.8 Å². The molecule has 192 valence electrons. The second-order valence-electron chi connectivity index (χ2n) is 7.64. The molecule has 2 atom stereocenters. The van der Waals surface area contributed by atoms with Gasteiger partial charge in [-0.1, -0.05) is 49.4 Å². The van der Waals surface area contributed by atoms with E-state index in [0.29, 0.717) is 13.0 Å². The fourth-order valence-electron chi connectivity index (χ4n) is 2.60. The van der Waals surface area contributed by atoms with Crippen LogP contribution in [0.15, 0.2) is 0 Å². The van der Waals surface area contributed by atoms with Gasteiger partial charge in [0.25, 0.3) is 7.82 Å². The number of carbonyl (C=O) groups is 1. The molecule has 8 heteroatoms. The molecule has 0 bridgehead atoms. The van der Waals surface area contributed by atoms with Gasteiger partial charge in [-0.15, -0.1) is 0 Å². The van der Waals surface area contributed by atoms with Crippen LogP contribution in [0.5, 0.6) is 0 Å². The molecule has 0 aromatic heterocycles. The summed E-state index contributed by atoms with van der Waals surface area (Å²) in [5.41, 5.74) is 0. The lowest BCUT2D eigenvalue weighted by Crippen LogP contribution is -2.21. The van der Waals surface area contributed by atoms with Crippen molar-refractivity contribution in [2.75, 3.05) is 33.4 Å². The minimum absolute atomic E-state index is 0.0312. The van der Waals surface area contributed by atoms with Crippen molar-refractivity contribution in [2.45, 2.75) is 72.1 Å². The monoisotopic (exact) mass is 503 g/mol. The molecular weight excluding hydrogens is 465 g/mol. The molecule has 0 aliphatic carbocycles. The van der Waals surface area contributed by atoms with Gasteiger partial charge in [-0.3, -0.25) is 9.36 Å². The van der Waals surface area contributed by atoms with E-state index in [1.807, 2.05) is 6.92 Å². The molecule has 0 amide bonds. The maximum atomic E-state index is 12.1. The molecule has 0 N–H and O–H groups in total. The van der Waals surface area contributed by atoms with E-state index in [1.54, 1.807) is 31.7 Å². The van der Waals surface area contributed by atoms with Crippen molar-refractivity contribution in [1.82, 2.24) is 0 Å². The first-order chi connectivity index (χ1) is 16.8. The highest BCUT2D eigenvalue weighted by Crippen LogP contribution is 2.38. The van der Waals surface area contributed by atoms with Gasteiger partial charge in [0.1, 0.15) is 26.5 Å². The Morgan fingerprint density at radius 2 is 1.63 bits per heavy atom. The number of esters is 1. The van der Waals surface area contributed by atoms with Gasteiger partial charge < -0.3 is 18.7 Å². The van der Waals surface area contributed by atoms with Crippen molar-refractivity contribution >= 4 is 20.0 Å². The van der Waals surface area contributed by atoms with Gasteiger partial charge in [0.15, 0.2) is 6.54 Å². The summed E-state index contributed by atoms with van der Waals surface area (Å²) in [5.74, 6) is 20.9. The zero-order valence-corrected chi connectivity index (χ0v) is 22.4. The van der Waals surface area contributed by atoms with Gasteiger partial charge in [0.2, 0.25) is 0 Å². The Bertz CT molecular complexity index is 943. The fourth-order valence-corrected chi connectivity index (χ4v) is 3.34. The van der Waals surface area contributed by atoms with Gasteiger partial charge in [0.05, 0.1) is 12.5 Å². The van der Waals surface area contributed by atoms with Crippen LogP contribution >= 0.6 is 7.82 Å². The summed E-state index contributed by atoms with van der Waals surface area (Å²) in [6, 6.07) is 0. The molecule has 0 saturated heterocycles. The molecule has 0 aromatic carbocycles. The molecule has 35 heavy (non-hydrogen) atoms. The normalized spacial score (nSPS) is 12.8. The van der Waals surface area contributed by atoms with E-state index in [0.717, 1.165) is 44.9 Å². The maximum Gasteiger partial charge on any atom is 0.305 e. The lowest BCUT2D eigenvalue weighted by Gasteiger charge is -2.23. The first-order valence-corrected chi connectivity index (χ1v) is 13.4. The van der Waals surface area contributed by atoms with Crippen LogP contribution in [-0.2, 0) is 23.1 Å². The van der Waals surface area contributed by atoms with E-state index in [9.17, 15) is 14.3 Å². The first kappa shape index (κ1) is 32.5. The van der Waals surface area contributed by atoms with Crippen LogP contribution in [-0.4, -0.2) is 50.2 Å². The first-order valence-electron chi connectivity index (χ1n) is 11.9. The number of rotatable bonds is 17. The number of hydrogen-bond acceptors (Lipinski definition) is 6. The molecule has 0 spiro atoms. The number of carbonyl (C=O) groups excluding carboxylic acids is 1. The Morgan fingerprint density at radius 3 is 2.31 bits per heavy atom. The van der Waals surface area contributed by atoms with Crippen molar-refractivity contribution in [1.29, 1.82) is 0 Å². The van der Waals surface area contributed by atoms with Crippen LogP contribution in [0, 0.1) is 53.3 Å². The molecular formula is C27H38NO6P. The van der Waals surface area contributed by atoms with Crippen molar-refractivity contribution in [3.63, 3.8) is 0 Å². The zero-order valence-electron chi connectivity index (χ0n) is 21.5. The van der Waals surface area contributed by atoms with E-state index in [1.165, 1.54) is 0 Å². The Morgan fingerprint density at radius 1 is 0.971 bits per heavy atom. The Hall–Kier alpha value is -2.51. The fraction of sp³-hybridized carbons (Fsp3) is 0.630. The van der Waals surface area contributed by atoms with Gasteiger partial charge in [-0.2, -0.15) is 0 Å². The standard InChI is InChI=1S/C27H38NO6P/c1-5-8-10-11-12-13-14-15-16-17-19-21-27(29)32-24-26(20-18-9-6-2)25-34-35(30,31)33-23-22-28(4)7-3/h7,26H,12-17,19,21-25H2,1-4H3. The zero-order chi connectivity index (χ0) is 26.2. The highest BCUT2D eigenvalue weighted by molar-refractivity contribution is 7.45. The molecule has 0 heterocycles. The molecule has 0 aromatic rings. The largest absolute Gasteiger partial charge is 0.756 e. The molecule has 0 radical (unpaired) electrons. The van der Waals surface area contributed by atoms with Crippen LogP contribution in [0.2, 0.25) is 0 Å². The Kier molecular flexibility index (Phi) is 20.4. The van der Waals surface area contributed by atoms with Crippen LogP contribution in [0.25, 0.3) is 0 Å². The SMILES string of the molecule is CC#CC#CCCCCCCCCC(=O)OCC(C#CC#CC)COP(=O)([O-])OCC[N+](C)=CC. The molecule has 2 unspecified atom stereocenters. The van der Waals surface area contributed by atoms with E-state index in [2.05, 4.69) is 47.4 Å². The highest BCUT2D eigenvalue weighted by Gasteiger charge is 2.16. The van der Waals surface area contributed by atoms with Gasteiger partial charge in [0, 0.05) is 19.8 Å². The second kappa shape index (κ2) is 22.0. The summed E-state index contributed by atoms with van der Waals surface area (Å²) in [6.45, 7) is 5.26. The lowest BCUT2D eigenvalue weighted by atomic mass is 10.1. The number of phosphoric acid groups is 1. The van der Waals surface area contributed by atoms with Crippen LogP contribution < -0.4 is 4.89 Å². The quantitative estimate of drug-likeness (QED) is 0.0753. The molecule has 0 rings (SSSR count). The molecule has 0 aliphatic rings. The minimum atomic E-state index is -4.49. The predicted octanol–water partition coefficient (Wildman–Crippen LogP) is 3.55. The molecule has 0 fully saturated rings. The van der Waals surface area contributed by atoms with E-state index >= 15 is 0 Å². The van der Waals surface area contributed by atoms with E-state index < -0.39 is 13.7 Å². The van der Waals surface area contributed by atoms with Crippen LogP contribution in [0.3, 0.4) is 0 Å². The summed E-state index contributed by atoms with van der Waals surface area (Å²) in [7, 11) is -2.69. The predicted molar refractivity (Wildman–Crippen MR) is 136 cm³/mol. The van der Waals surface area contributed by atoms with Crippen molar-refractivity contribution < 1.29 is 32.6 Å². The summed E-state index contributed by atoms with van der Waals surface area (Å²) in [5, 5.41) is 0. The van der Waals surface area contributed by atoms with Gasteiger partial charge >= 0.3 is 5.97 Å². The number of nitrogens with zero attached hydrogens (tertiary/aromatic N) is 1. The topological polar surface area (TPSA) is 87.9 Å². The van der Waals surface area contributed by atoms with Gasteiger partial charge in [-0.25, -0.2) is 4.58 Å². The molecule has 0 aliphatic heterocycles. The third-order valence-corrected chi connectivity index (χ3v) is 5.65. The van der Waals surface area contributed by atoms with Crippen molar-refractivity contribution in [3.8, 4) is 47.4 Å². The van der Waals surface area contributed by atoms with Crippen LogP contribution in [0.1, 0.15) is 72.1 Å². The van der Waals surface area contributed by atoms with Crippen molar-refractivity contribution in [3.05, 3.63) is 0 Å². The van der Waals surface area contributed by atoms with Crippen molar-refractivity contribution in [2.24, 2.45) is 5.92 Å². The number of likely N-dealkylation sites (N-methyl/N-ethyl adjacent to an activating group) is 1. The number of hydrogen-bond donors (Lipinski definition) is 0. The smallest absolute Gasteiger partial charge is 0.305 e. The number of unbranched alkanes of at least 4 members (excludes halogenated alkanes) is 6. The van der Waals surface area contributed by atoms with E-state index in [4.69, 9.17) is 13.8 Å². The highest BCUT2D eigenvalue weighted by atomic mass is 31.2. The van der Waals surface area contributed by atoms with Crippen LogP contribution in [0.4, 0.5) is 0 Å². The molecule has 7 nitrogen and oxygen atoms in total. The third-order valence-electron chi connectivity index (χ3n) is 4.69. The Labute approximate surface area is 211 Å². The summed E-state index contributed by atoms with van der Waals surface area (Å²) in [4.78, 5) is 24.0. The summed E-state index contributed by atoms with van der Waals surface area (Å²) in [6.07, 6.45) is 8.99. The summed E-state index contributed by atoms with van der Waals surface area (Å²) >= 11 is 0. The second-order valence-corrected chi connectivity index (χ2v) is 9.05. The summed E-state index contributed by atoms with van der Waals surface area (Å²) < 4.78 is 28.8. The molecule has 0 saturated carbocycles. The maximum absolute atomic E-state index is 12.1. The van der Waals surface area contributed by atoms with Gasteiger partial charge in [-0.05, 0) is 50.4 Å². The number of phosphoric ester groups is 1. The number of ether oxygens (including phenoxy) is 1. The Balaban J connectivity index is 4.26. The third kappa shape index (κ3) is 21.7. The minimum Gasteiger partial charge on any atom is -0.756 e. The average Bonchev–Trinajstić information content (AvgIpc) is 2.83.